The minimum absolute atomic E-state index is 0.0741. The maximum Gasteiger partial charge on any atom is 0.224 e. The second-order valence-corrected chi connectivity index (χ2v) is 12.8. The van der Waals surface area contributed by atoms with Gasteiger partial charge in [-0.25, -0.2) is 9.97 Å². The van der Waals surface area contributed by atoms with Gasteiger partial charge >= 0.3 is 0 Å². The van der Waals surface area contributed by atoms with Gasteiger partial charge in [-0.15, -0.1) is 11.3 Å². The summed E-state index contributed by atoms with van der Waals surface area (Å²) in [6.07, 6.45) is 8.10. The molecule has 3 heterocycles. The molecule has 3 aliphatic carbocycles. The lowest BCUT2D eigenvalue weighted by Crippen LogP contribution is -2.35. The predicted molar refractivity (Wildman–Crippen MR) is 156 cm³/mol. The van der Waals surface area contributed by atoms with Gasteiger partial charge in [0.1, 0.15) is 22.4 Å². The Bertz CT molecular complexity index is 1340. The molecule has 4 atom stereocenters. The standard InChI is InChI=1S/C28H36N6O2S2/c1-3-4-18(37)11-17-12-19(25(36)24(17)35)32-26-21(14(2)31-28(34-26)30-13-15-5-6-15)27-33-23-20(38-27)9-10-29-22(23)16-7-8-16/h9-10,15-17,19,24-25,35-36H,3-8,11-13H2,1-2H3,(H2,30,31,32,34)/t17-,19+,24+,25-/m0/s1. The molecule has 8 nitrogen and oxygen atoms in total. The van der Waals surface area contributed by atoms with Gasteiger partial charge in [0.05, 0.1) is 33.8 Å². The largest absolute Gasteiger partial charge is 0.390 e. The van der Waals surface area contributed by atoms with Crippen molar-refractivity contribution in [1.29, 1.82) is 0 Å². The third kappa shape index (κ3) is 5.41. The Morgan fingerprint density at radius 1 is 1.13 bits per heavy atom. The highest BCUT2D eigenvalue weighted by Crippen LogP contribution is 2.44. The topological polar surface area (TPSA) is 116 Å². The molecule has 0 aliphatic heterocycles. The van der Waals surface area contributed by atoms with Gasteiger partial charge in [-0.1, -0.05) is 25.6 Å². The van der Waals surface area contributed by atoms with Crippen molar-refractivity contribution < 1.29 is 10.2 Å². The van der Waals surface area contributed by atoms with Gasteiger partial charge in [-0.2, -0.15) is 4.98 Å². The second-order valence-electron chi connectivity index (χ2n) is 11.2. The zero-order chi connectivity index (χ0) is 26.4. The number of thiazole rings is 1. The number of aliphatic hydroxyl groups is 2. The van der Waals surface area contributed by atoms with Gasteiger partial charge in [0.2, 0.25) is 5.95 Å². The molecule has 0 unspecified atom stereocenters. The molecule has 4 N–H and O–H groups in total. The zero-order valence-electron chi connectivity index (χ0n) is 22.0. The number of aliphatic hydroxyl groups excluding tert-OH is 2. The van der Waals surface area contributed by atoms with Crippen molar-refractivity contribution in [3.63, 3.8) is 0 Å². The Balaban J connectivity index is 1.33. The number of hydrogen-bond donors (Lipinski definition) is 4. The highest BCUT2D eigenvalue weighted by Gasteiger charge is 2.42. The number of thiocarbonyl (C=S) groups is 1. The first-order valence-corrected chi connectivity index (χ1v) is 15.2. The van der Waals surface area contributed by atoms with Crippen LogP contribution in [-0.4, -0.2) is 59.8 Å². The summed E-state index contributed by atoms with van der Waals surface area (Å²) in [5.41, 5.74) is 3.73. The molecule has 3 aromatic rings. The molecule has 3 aromatic heterocycles. The first kappa shape index (κ1) is 26.0. The maximum atomic E-state index is 11.0. The number of nitrogens with one attached hydrogen (secondary N) is 2. The molecule has 3 fully saturated rings. The van der Waals surface area contributed by atoms with E-state index < -0.39 is 12.2 Å². The molecule has 3 saturated carbocycles. The normalized spacial score (nSPS) is 25.2. The predicted octanol–water partition coefficient (Wildman–Crippen LogP) is 5.24. The van der Waals surface area contributed by atoms with Crippen molar-refractivity contribution in [2.45, 2.75) is 89.4 Å². The van der Waals surface area contributed by atoms with E-state index in [1.165, 1.54) is 25.7 Å². The monoisotopic (exact) mass is 552 g/mol. The minimum atomic E-state index is -0.906. The van der Waals surface area contributed by atoms with Crippen LogP contribution in [0.3, 0.4) is 0 Å². The van der Waals surface area contributed by atoms with Crippen molar-refractivity contribution in [1.82, 2.24) is 19.9 Å². The van der Waals surface area contributed by atoms with E-state index in [1.807, 2.05) is 19.2 Å². The molecule has 6 rings (SSSR count). The van der Waals surface area contributed by atoms with Gasteiger partial charge < -0.3 is 20.8 Å². The van der Waals surface area contributed by atoms with Crippen LogP contribution in [0, 0.1) is 18.8 Å². The fourth-order valence-corrected chi connectivity index (χ4v) is 7.01. The molecule has 0 bridgehead atoms. The summed E-state index contributed by atoms with van der Waals surface area (Å²) in [6, 6.07) is 1.68. The summed E-state index contributed by atoms with van der Waals surface area (Å²) < 4.78 is 1.11. The molecule has 38 heavy (non-hydrogen) atoms. The minimum Gasteiger partial charge on any atom is -0.390 e. The van der Waals surface area contributed by atoms with Crippen molar-refractivity contribution in [3.05, 3.63) is 23.7 Å². The molecule has 3 aliphatic rings. The third-order valence-corrected chi connectivity index (χ3v) is 9.40. The van der Waals surface area contributed by atoms with E-state index in [1.54, 1.807) is 11.3 Å². The van der Waals surface area contributed by atoms with Crippen LogP contribution in [0.4, 0.5) is 11.8 Å². The Labute approximate surface area is 232 Å². The molecule has 202 valence electrons. The molecule has 0 spiro atoms. The molecule has 10 heteroatoms. The maximum absolute atomic E-state index is 11.0. The van der Waals surface area contributed by atoms with Crippen LogP contribution in [0.1, 0.15) is 75.6 Å². The van der Waals surface area contributed by atoms with E-state index in [4.69, 9.17) is 27.2 Å². The average Bonchev–Trinajstić information content (AvgIpc) is 3.82. The second kappa shape index (κ2) is 10.7. The van der Waals surface area contributed by atoms with E-state index in [0.29, 0.717) is 36.4 Å². The Kier molecular flexibility index (Phi) is 7.32. The molecule has 0 radical (unpaired) electrons. The first-order valence-electron chi connectivity index (χ1n) is 13.9. The number of aromatic nitrogens is 4. The Hall–Kier alpha value is -2.27. The van der Waals surface area contributed by atoms with Gasteiger partial charge in [0.25, 0.3) is 0 Å². The van der Waals surface area contributed by atoms with Crippen molar-refractivity contribution in [2.24, 2.45) is 11.8 Å². The summed E-state index contributed by atoms with van der Waals surface area (Å²) in [5, 5.41) is 29.6. The van der Waals surface area contributed by atoms with E-state index in [9.17, 15) is 10.2 Å². The summed E-state index contributed by atoms with van der Waals surface area (Å²) >= 11 is 7.16. The van der Waals surface area contributed by atoms with E-state index >= 15 is 0 Å². The SMILES string of the molecule is CCCC(=S)C[C@H]1C[C@@H](Nc2nc(NCC3CC3)nc(C)c2-c2nc3c(C4CC4)nccc3s2)[C@H](O)[C@@H]1O. The van der Waals surface area contributed by atoms with Crippen LogP contribution < -0.4 is 10.6 Å². The number of nitrogens with zero attached hydrogens (tertiary/aromatic N) is 4. The molecular weight excluding hydrogens is 516 g/mol. The lowest BCUT2D eigenvalue weighted by molar-refractivity contribution is 0.0189. The van der Waals surface area contributed by atoms with Crippen LogP contribution in [0.5, 0.6) is 0 Å². The number of hydrogen-bond acceptors (Lipinski definition) is 10. The average molecular weight is 553 g/mol. The number of fused-ring (bicyclic) bond motifs is 1. The summed E-state index contributed by atoms with van der Waals surface area (Å²) in [5.74, 6) is 2.34. The molecule has 0 amide bonds. The third-order valence-electron chi connectivity index (χ3n) is 7.99. The van der Waals surface area contributed by atoms with E-state index in [0.717, 1.165) is 56.4 Å². The van der Waals surface area contributed by atoms with Crippen LogP contribution in [0.15, 0.2) is 12.3 Å². The van der Waals surface area contributed by atoms with E-state index in [-0.39, 0.29) is 12.0 Å². The lowest BCUT2D eigenvalue weighted by Gasteiger charge is -2.21. The van der Waals surface area contributed by atoms with Crippen molar-refractivity contribution >= 4 is 50.4 Å². The number of rotatable bonds is 11. The fourth-order valence-electron chi connectivity index (χ4n) is 5.53. The summed E-state index contributed by atoms with van der Waals surface area (Å²) in [4.78, 5) is 20.3. The van der Waals surface area contributed by atoms with Gasteiger partial charge in [0.15, 0.2) is 0 Å². The zero-order valence-corrected chi connectivity index (χ0v) is 23.6. The number of pyridine rings is 1. The fraction of sp³-hybridized carbons (Fsp3) is 0.607. The van der Waals surface area contributed by atoms with Crippen LogP contribution in [0.2, 0.25) is 0 Å². The molecule has 0 saturated heterocycles. The summed E-state index contributed by atoms with van der Waals surface area (Å²) in [7, 11) is 0. The summed E-state index contributed by atoms with van der Waals surface area (Å²) in [6.45, 7) is 4.95. The van der Waals surface area contributed by atoms with Gasteiger partial charge in [0, 0.05) is 18.7 Å². The highest BCUT2D eigenvalue weighted by atomic mass is 32.1. The van der Waals surface area contributed by atoms with E-state index in [2.05, 4.69) is 22.5 Å². The van der Waals surface area contributed by atoms with Gasteiger partial charge in [-0.3, -0.25) is 4.98 Å². The Morgan fingerprint density at radius 2 is 1.95 bits per heavy atom. The lowest BCUT2D eigenvalue weighted by atomic mass is 9.97. The van der Waals surface area contributed by atoms with Crippen LogP contribution >= 0.6 is 23.6 Å². The van der Waals surface area contributed by atoms with Gasteiger partial charge in [-0.05, 0) is 74.6 Å². The number of anilines is 2. The van der Waals surface area contributed by atoms with Crippen LogP contribution in [-0.2, 0) is 0 Å². The number of aryl methyl sites for hydroxylation is 1. The van der Waals surface area contributed by atoms with Crippen molar-refractivity contribution in [2.75, 3.05) is 17.2 Å². The highest BCUT2D eigenvalue weighted by molar-refractivity contribution is 7.80. The first-order chi connectivity index (χ1) is 18.4. The quantitative estimate of drug-likeness (QED) is 0.237. The smallest absolute Gasteiger partial charge is 0.224 e. The van der Waals surface area contributed by atoms with Crippen molar-refractivity contribution in [3.8, 4) is 10.6 Å². The Morgan fingerprint density at radius 3 is 2.68 bits per heavy atom. The molecular formula is C28H36N6O2S2. The molecule has 0 aromatic carbocycles. The van der Waals surface area contributed by atoms with Crippen LogP contribution in [0.25, 0.3) is 20.8 Å².